The van der Waals surface area contributed by atoms with Gasteiger partial charge in [0.15, 0.2) is 11.7 Å². The van der Waals surface area contributed by atoms with Gasteiger partial charge in [0.05, 0.1) is 0 Å². The highest BCUT2D eigenvalue weighted by atomic mass is 16.4. The number of phenols is 2. The maximum absolute atomic E-state index is 9.91. The van der Waals surface area contributed by atoms with E-state index >= 15 is 0 Å². The molecule has 0 atom stereocenters. The largest absolute Gasteiger partial charge is 0.508 e. The molecule has 2 heterocycles. The van der Waals surface area contributed by atoms with Crippen molar-refractivity contribution in [3.05, 3.63) is 90.4 Å². The number of aromatic hydroxyl groups is 2. The van der Waals surface area contributed by atoms with Crippen LogP contribution in [-0.2, 0) is 12.8 Å². The van der Waals surface area contributed by atoms with Crippen molar-refractivity contribution in [2.24, 2.45) is 0 Å². The summed E-state index contributed by atoms with van der Waals surface area (Å²) in [7, 11) is 0. The molecule has 0 aliphatic rings. The van der Waals surface area contributed by atoms with Crippen molar-refractivity contribution in [1.82, 2.24) is 9.97 Å². The van der Waals surface area contributed by atoms with Gasteiger partial charge in [-0.2, -0.15) is 0 Å². The SMILES string of the molecule is Oc1cccc(-c2nc(CCc3c[nH]c4ccccc34)oc2-c2cccc(O)c2)c1. The number of hydrogen-bond donors (Lipinski definition) is 3. The number of phenolic OH excluding ortho intramolecular Hbond substituents is 2. The first-order valence-corrected chi connectivity index (χ1v) is 9.81. The van der Waals surface area contributed by atoms with E-state index in [1.54, 1.807) is 36.4 Å². The predicted octanol–water partition coefficient (Wildman–Crippen LogP) is 5.69. The Hall–Kier alpha value is -3.99. The zero-order valence-electron chi connectivity index (χ0n) is 16.2. The fraction of sp³-hybridized carbons (Fsp3) is 0.0800. The number of rotatable bonds is 5. The van der Waals surface area contributed by atoms with Gasteiger partial charge in [-0.05, 0) is 42.3 Å². The first-order valence-electron chi connectivity index (χ1n) is 9.81. The highest BCUT2D eigenvalue weighted by molar-refractivity contribution is 5.83. The summed E-state index contributed by atoms with van der Waals surface area (Å²) in [5.74, 6) is 1.51. The Balaban J connectivity index is 1.52. The lowest BCUT2D eigenvalue weighted by atomic mass is 10.1. The number of benzene rings is 3. The molecule has 3 aromatic carbocycles. The molecule has 148 valence electrons. The van der Waals surface area contributed by atoms with Crippen LogP contribution in [-0.4, -0.2) is 20.2 Å². The molecule has 0 amide bonds. The highest BCUT2D eigenvalue weighted by Crippen LogP contribution is 2.35. The first kappa shape index (κ1) is 18.1. The van der Waals surface area contributed by atoms with Crippen LogP contribution in [0.25, 0.3) is 33.5 Å². The Morgan fingerprint density at radius 2 is 1.53 bits per heavy atom. The van der Waals surface area contributed by atoms with Crippen LogP contribution in [0.3, 0.4) is 0 Å². The molecule has 0 saturated carbocycles. The van der Waals surface area contributed by atoms with Crippen LogP contribution in [0.5, 0.6) is 11.5 Å². The average molecular weight is 396 g/mol. The molecule has 0 spiro atoms. The average Bonchev–Trinajstić information content (AvgIpc) is 3.37. The van der Waals surface area contributed by atoms with Gasteiger partial charge in [0.2, 0.25) is 0 Å². The Labute approximate surface area is 173 Å². The molecule has 30 heavy (non-hydrogen) atoms. The molecule has 0 radical (unpaired) electrons. The topological polar surface area (TPSA) is 82.3 Å². The first-order chi connectivity index (χ1) is 14.7. The molecule has 3 N–H and O–H groups in total. The summed E-state index contributed by atoms with van der Waals surface area (Å²) in [6.07, 6.45) is 3.44. The second-order valence-corrected chi connectivity index (χ2v) is 7.25. The molecule has 5 aromatic rings. The summed E-state index contributed by atoms with van der Waals surface area (Å²) in [5, 5.41) is 21.0. The van der Waals surface area contributed by atoms with E-state index in [2.05, 4.69) is 17.1 Å². The van der Waals surface area contributed by atoms with Gasteiger partial charge in [0, 0.05) is 34.6 Å². The molecule has 0 fully saturated rings. The fourth-order valence-corrected chi connectivity index (χ4v) is 3.74. The number of aryl methyl sites for hydroxylation is 2. The van der Waals surface area contributed by atoms with Crippen LogP contribution in [0.1, 0.15) is 11.5 Å². The number of aromatic amines is 1. The minimum atomic E-state index is 0.158. The van der Waals surface area contributed by atoms with Crippen molar-refractivity contribution in [3.63, 3.8) is 0 Å². The van der Waals surface area contributed by atoms with E-state index in [-0.39, 0.29) is 11.5 Å². The van der Waals surface area contributed by atoms with E-state index in [0.717, 1.165) is 23.1 Å². The van der Waals surface area contributed by atoms with Gasteiger partial charge in [0.25, 0.3) is 0 Å². The summed E-state index contributed by atoms with van der Waals surface area (Å²) in [4.78, 5) is 8.04. The van der Waals surface area contributed by atoms with E-state index in [0.29, 0.717) is 23.8 Å². The van der Waals surface area contributed by atoms with Crippen LogP contribution in [0.15, 0.2) is 83.4 Å². The van der Waals surface area contributed by atoms with E-state index in [4.69, 9.17) is 9.40 Å². The maximum Gasteiger partial charge on any atom is 0.195 e. The lowest BCUT2D eigenvalue weighted by Crippen LogP contribution is -1.90. The molecular weight excluding hydrogens is 376 g/mol. The monoisotopic (exact) mass is 396 g/mol. The number of H-pyrrole nitrogens is 1. The van der Waals surface area contributed by atoms with Crippen LogP contribution in [0.4, 0.5) is 0 Å². The second-order valence-electron chi connectivity index (χ2n) is 7.25. The standard InChI is InChI=1S/C25H20N2O3/c28-19-7-3-5-16(13-19)24-25(17-6-4-8-20(29)14-17)30-23(27-24)12-11-18-15-26-22-10-2-1-9-21(18)22/h1-10,13-15,26,28-29H,11-12H2. The number of nitrogens with zero attached hydrogens (tertiary/aromatic N) is 1. The van der Waals surface area contributed by atoms with Gasteiger partial charge in [-0.1, -0.05) is 42.5 Å². The predicted molar refractivity (Wildman–Crippen MR) is 116 cm³/mol. The summed E-state index contributed by atoms with van der Waals surface area (Å²) < 4.78 is 6.15. The van der Waals surface area contributed by atoms with E-state index in [9.17, 15) is 10.2 Å². The van der Waals surface area contributed by atoms with Crippen molar-refractivity contribution in [2.45, 2.75) is 12.8 Å². The summed E-state index contributed by atoms with van der Waals surface area (Å²) in [5.41, 5.74) is 4.46. The lowest BCUT2D eigenvalue weighted by molar-refractivity contribution is 0.474. The zero-order valence-corrected chi connectivity index (χ0v) is 16.2. The van der Waals surface area contributed by atoms with E-state index < -0.39 is 0 Å². The molecule has 0 bridgehead atoms. The van der Waals surface area contributed by atoms with Gasteiger partial charge >= 0.3 is 0 Å². The van der Waals surface area contributed by atoms with Gasteiger partial charge in [0.1, 0.15) is 17.2 Å². The lowest BCUT2D eigenvalue weighted by Gasteiger charge is -2.03. The van der Waals surface area contributed by atoms with E-state index in [1.165, 1.54) is 10.9 Å². The van der Waals surface area contributed by atoms with Crippen molar-refractivity contribution in [2.75, 3.05) is 0 Å². The van der Waals surface area contributed by atoms with E-state index in [1.807, 2.05) is 30.5 Å². The van der Waals surface area contributed by atoms with Gasteiger partial charge < -0.3 is 19.6 Å². The smallest absolute Gasteiger partial charge is 0.195 e. The Bertz CT molecular complexity index is 1270. The van der Waals surface area contributed by atoms with Crippen molar-refractivity contribution in [1.29, 1.82) is 0 Å². The quantitative estimate of drug-likeness (QED) is 0.357. The van der Waals surface area contributed by atoms with Gasteiger partial charge in [-0.25, -0.2) is 4.98 Å². The Kier molecular flexibility index (Phi) is 4.48. The molecule has 0 saturated heterocycles. The zero-order chi connectivity index (χ0) is 20.5. The van der Waals surface area contributed by atoms with Crippen LogP contribution < -0.4 is 0 Å². The van der Waals surface area contributed by atoms with Gasteiger partial charge in [-0.3, -0.25) is 0 Å². The maximum atomic E-state index is 9.91. The van der Waals surface area contributed by atoms with Crippen LogP contribution in [0.2, 0.25) is 0 Å². The number of para-hydroxylation sites is 1. The van der Waals surface area contributed by atoms with Crippen molar-refractivity contribution < 1.29 is 14.6 Å². The molecular formula is C25H20N2O3. The summed E-state index contributed by atoms with van der Waals surface area (Å²) in [6, 6.07) is 22.1. The third-order valence-electron chi connectivity index (χ3n) is 5.18. The van der Waals surface area contributed by atoms with Gasteiger partial charge in [-0.15, -0.1) is 0 Å². The molecule has 0 aliphatic heterocycles. The second kappa shape index (κ2) is 7.44. The van der Waals surface area contributed by atoms with Crippen molar-refractivity contribution in [3.8, 4) is 34.1 Å². The van der Waals surface area contributed by atoms with Crippen molar-refractivity contribution >= 4 is 10.9 Å². The fourth-order valence-electron chi connectivity index (χ4n) is 3.74. The molecule has 2 aromatic heterocycles. The Morgan fingerprint density at radius 1 is 0.800 bits per heavy atom. The molecule has 0 unspecified atom stereocenters. The van der Waals surface area contributed by atoms with Crippen LogP contribution in [0, 0.1) is 0 Å². The molecule has 5 rings (SSSR count). The Morgan fingerprint density at radius 3 is 2.33 bits per heavy atom. The minimum Gasteiger partial charge on any atom is -0.508 e. The number of nitrogens with one attached hydrogen (secondary N) is 1. The number of aromatic nitrogens is 2. The van der Waals surface area contributed by atoms with Crippen LogP contribution >= 0.6 is 0 Å². The normalized spacial score (nSPS) is 11.2. The minimum absolute atomic E-state index is 0.158. The third kappa shape index (κ3) is 3.42. The summed E-state index contributed by atoms with van der Waals surface area (Å²) >= 11 is 0. The highest BCUT2D eigenvalue weighted by Gasteiger charge is 2.18. The molecule has 5 nitrogen and oxygen atoms in total. The third-order valence-corrected chi connectivity index (χ3v) is 5.18. The number of hydrogen-bond acceptors (Lipinski definition) is 4. The number of fused-ring (bicyclic) bond motifs is 1. The molecule has 5 heteroatoms. The molecule has 0 aliphatic carbocycles. The summed E-state index contributed by atoms with van der Waals surface area (Å²) in [6.45, 7) is 0. The number of oxazole rings is 1.